The normalized spacial score (nSPS) is 17.0. The van der Waals surface area contributed by atoms with Crippen molar-refractivity contribution in [2.45, 2.75) is 56.9 Å². The second-order valence-electron chi connectivity index (χ2n) is 8.65. The molecule has 9 heteroatoms. The van der Waals surface area contributed by atoms with E-state index in [-0.39, 0.29) is 17.0 Å². The molecule has 0 saturated carbocycles. The van der Waals surface area contributed by atoms with Crippen LogP contribution in [0.15, 0.2) is 45.9 Å². The van der Waals surface area contributed by atoms with E-state index in [2.05, 4.69) is 4.72 Å². The zero-order valence-electron chi connectivity index (χ0n) is 18.4. The maximum absolute atomic E-state index is 13.2. The Morgan fingerprint density at radius 3 is 2.68 bits per heavy atom. The number of rotatable bonds is 8. The lowest BCUT2D eigenvalue weighted by atomic mass is 10.1. The van der Waals surface area contributed by atoms with Gasteiger partial charge >= 0.3 is 0 Å². The van der Waals surface area contributed by atoms with E-state index in [0.29, 0.717) is 25.4 Å². The molecule has 0 radical (unpaired) electrons. The predicted molar refractivity (Wildman–Crippen MR) is 115 cm³/mol. The number of ether oxygens (including phenoxy) is 2. The fourth-order valence-electron chi connectivity index (χ4n) is 3.43. The van der Waals surface area contributed by atoms with Crippen molar-refractivity contribution in [2.24, 2.45) is 0 Å². The Hall–Kier alpha value is -2.36. The van der Waals surface area contributed by atoms with Crippen molar-refractivity contribution in [3.05, 3.63) is 47.7 Å². The summed E-state index contributed by atoms with van der Waals surface area (Å²) in [5.74, 6) is 0.271. The Balaban J connectivity index is 1.83. The van der Waals surface area contributed by atoms with Crippen LogP contribution in [-0.2, 0) is 21.3 Å². The van der Waals surface area contributed by atoms with Crippen LogP contribution in [0, 0.1) is 0 Å². The number of hydrogen-bond donors (Lipinski definition) is 1. The molecule has 3 rings (SSSR count). The van der Waals surface area contributed by atoms with Gasteiger partial charge in [0.25, 0.3) is 15.9 Å². The van der Waals surface area contributed by atoms with Gasteiger partial charge in [0.2, 0.25) is 5.09 Å². The van der Waals surface area contributed by atoms with Gasteiger partial charge in [0.05, 0.1) is 13.2 Å². The first-order chi connectivity index (χ1) is 14.6. The van der Waals surface area contributed by atoms with Crippen molar-refractivity contribution < 1.29 is 27.1 Å². The van der Waals surface area contributed by atoms with Crippen LogP contribution >= 0.6 is 0 Å². The topological polar surface area (TPSA) is 98.1 Å². The first-order valence-corrected chi connectivity index (χ1v) is 11.7. The fraction of sp³-hybridized carbons (Fsp3) is 0.500. The van der Waals surface area contributed by atoms with Gasteiger partial charge in [0.1, 0.15) is 5.75 Å². The van der Waals surface area contributed by atoms with Gasteiger partial charge in [0, 0.05) is 25.2 Å². The number of carbonyl (C=O) groups is 1. The fourth-order valence-corrected chi connectivity index (χ4v) is 4.79. The van der Waals surface area contributed by atoms with Crippen molar-refractivity contribution in [1.29, 1.82) is 0 Å². The summed E-state index contributed by atoms with van der Waals surface area (Å²) in [6.07, 6.45) is 1.76. The molecule has 1 fully saturated rings. The molecule has 170 valence electrons. The van der Waals surface area contributed by atoms with E-state index in [4.69, 9.17) is 13.9 Å². The zero-order valence-corrected chi connectivity index (χ0v) is 19.2. The summed E-state index contributed by atoms with van der Waals surface area (Å²) in [6, 6.07) is 10.2. The minimum absolute atomic E-state index is 0.0322. The zero-order chi connectivity index (χ0) is 22.6. The smallest absolute Gasteiger partial charge is 0.290 e. The standard InChI is InChI=1S/C22H30N2O6S/c1-22(2,3)23-31(26,27)20-11-10-19(30-20)21(25)24(15-18-9-6-12-29-18)14-16-7-5-8-17(13-16)28-4/h5,7-8,10-11,13,18,23H,6,9,12,14-15H2,1-4H3. The number of benzene rings is 1. The van der Waals surface area contributed by atoms with Crippen LogP contribution in [-0.4, -0.2) is 51.1 Å². The molecule has 1 aliphatic rings. The van der Waals surface area contributed by atoms with Crippen molar-refractivity contribution >= 4 is 15.9 Å². The van der Waals surface area contributed by atoms with Gasteiger partial charge in [0.15, 0.2) is 5.76 Å². The molecule has 1 amide bonds. The number of carbonyl (C=O) groups excluding carboxylic acids is 1. The SMILES string of the molecule is COc1cccc(CN(CC2CCCO2)C(=O)c2ccc(S(=O)(=O)NC(C)(C)C)o2)c1. The monoisotopic (exact) mass is 450 g/mol. The Labute approximate surface area is 183 Å². The Bertz CT molecular complexity index is 1000. The lowest BCUT2D eigenvalue weighted by Gasteiger charge is -2.25. The third kappa shape index (κ3) is 6.32. The van der Waals surface area contributed by atoms with E-state index in [1.165, 1.54) is 12.1 Å². The van der Waals surface area contributed by atoms with Crippen molar-refractivity contribution in [3.63, 3.8) is 0 Å². The summed E-state index contributed by atoms with van der Waals surface area (Å²) in [6.45, 7) is 6.58. The highest BCUT2D eigenvalue weighted by Crippen LogP contribution is 2.22. The summed E-state index contributed by atoms with van der Waals surface area (Å²) >= 11 is 0. The number of amides is 1. The van der Waals surface area contributed by atoms with Crippen molar-refractivity contribution in [1.82, 2.24) is 9.62 Å². The second kappa shape index (κ2) is 9.42. The third-order valence-corrected chi connectivity index (χ3v) is 6.37. The molecule has 1 aliphatic heterocycles. The van der Waals surface area contributed by atoms with Crippen LogP contribution in [0.3, 0.4) is 0 Å². The van der Waals surface area contributed by atoms with E-state index in [1.807, 2.05) is 24.3 Å². The maximum Gasteiger partial charge on any atom is 0.290 e. The maximum atomic E-state index is 13.2. The average molecular weight is 451 g/mol. The molecule has 8 nitrogen and oxygen atoms in total. The van der Waals surface area contributed by atoms with E-state index >= 15 is 0 Å². The quantitative estimate of drug-likeness (QED) is 0.663. The van der Waals surface area contributed by atoms with Gasteiger partial charge < -0.3 is 18.8 Å². The number of hydrogen-bond acceptors (Lipinski definition) is 6. The summed E-state index contributed by atoms with van der Waals surface area (Å²) in [4.78, 5) is 14.9. The van der Waals surface area contributed by atoms with Crippen LogP contribution in [0.2, 0.25) is 0 Å². The Kier molecular flexibility index (Phi) is 7.08. The molecular formula is C22H30N2O6S. The molecule has 0 bridgehead atoms. The van der Waals surface area contributed by atoms with Crippen LogP contribution in [0.5, 0.6) is 5.75 Å². The van der Waals surface area contributed by atoms with Gasteiger partial charge in [-0.15, -0.1) is 0 Å². The van der Waals surface area contributed by atoms with Gasteiger partial charge in [-0.1, -0.05) is 12.1 Å². The summed E-state index contributed by atoms with van der Waals surface area (Å²) in [5.41, 5.74) is 0.216. The lowest BCUT2D eigenvalue weighted by Crippen LogP contribution is -2.40. The summed E-state index contributed by atoms with van der Waals surface area (Å²) in [5, 5.41) is -0.288. The highest BCUT2D eigenvalue weighted by Gasteiger charge is 2.29. The molecule has 1 N–H and O–H groups in total. The van der Waals surface area contributed by atoms with E-state index in [0.717, 1.165) is 18.4 Å². The largest absolute Gasteiger partial charge is 0.497 e. The lowest BCUT2D eigenvalue weighted by molar-refractivity contribution is 0.0479. The van der Waals surface area contributed by atoms with Gasteiger partial charge in [-0.2, -0.15) is 0 Å². The molecular weight excluding hydrogens is 420 g/mol. The number of furan rings is 1. The molecule has 2 aromatic rings. The summed E-state index contributed by atoms with van der Waals surface area (Å²) < 4.78 is 44.0. The molecule has 0 aliphatic carbocycles. The van der Waals surface area contributed by atoms with Crippen molar-refractivity contribution in [3.8, 4) is 5.75 Å². The molecule has 1 atom stereocenters. The Morgan fingerprint density at radius 2 is 2.03 bits per heavy atom. The Morgan fingerprint density at radius 1 is 1.26 bits per heavy atom. The van der Waals surface area contributed by atoms with Crippen LogP contribution in [0.25, 0.3) is 0 Å². The molecule has 1 saturated heterocycles. The minimum Gasteiger partial charge on any atom is -0.497 e. The molecule has 0 spiro atoms. The molecule has 1 unspecified atom stereocenters. The molecule has 2 heterocycles. The van der Waals surface area contributed by atoms with Gasteiger partial charge in [-0.05, 0) is 63.4 Å². The number of sulfonamides is 1. The van der Waals surface area contributed by atoms with Gasteiger partial charge in [-0.25, -0.2) is 13.1 Å². The number of nitrogens with zero attached hydrogens (tertiary/aromatic N) is 1. The van der Waals surface area contributed by atoms with Crippen LogP contribution in [0.1, 0.15) is 49.7 Å². The summed E-state index contributed by atoms with van der Waals surface area (Å²) in [7, 11) is -2.29. The highest BCUT2D eigenvalue weighted by atomic mass is 32.2. The first-order valence-electron chi connectivity index (χ1n) is 10.2. The average Bonchev–Trinajstić information content (AvgIpc) is 3.37. The second-order valence-corrected chi connectivity index (χ2v) is 10.3. The highest BCUT2D eigenvalue weighted by molar-refractivity contribution is 7.89. The minimum atomic E-state index is -3.88. The van der Waals surface area contributed by atoms with E-state index < -0.39 is 21.5 Å². The first kappa shape index (κ1) is 23.3. The number of methoxy groups -OCH3 is 1. The molecule has 1 aromatic carbocycles. The van der Waals surface area contributed by atoms with Crippen LogP contribution in [0.4, 0.5) is 0 Å². The number of nitrogens with one attached hydrogen (secondary N) is 1. The molecule has 1 aromatic heterocycles. The van der Waals surface area contributed by atoms with E-state index in [9.17, 15) is 13.2 Å². The van der Waals surface area contributed by atoms with Gasteiger partial charge in [-0.3, -0.25) is 4.79 Å². The van der Waals surface area contributed by atoms with Crippen molar-refractivity contribution in [2.75, 3.05) is 20.3 Å². The van der Waals surface area contributed by atoms with Crippen LogP contribution < -0.4 is 9.46 Å². The predicted octanol–water partition coefficient (Wildman–Crippen LogP) is 3.19. The van der Waals surface area contributed by atoms with E-state index in [1.54, 1.807) is 32.8 Å². The molecule has 31 heavy (non-hydrogen) atoms. The third-order valence-electron chi connectivity index (χ3n) is 4.74.